The van der Waals surface area contributed by atoms with Crippen LogP contribution < -0.4 is 5.32 Å². The SMILES string of the molecule is CCCC[C@H](C)C(=O)NCc1ccccc1. The Hall–Kier alpha value is -1.31. The van der Waals surface area contributed by atoms with Gasteiger partial charge in [-0.2, -0.15) is 0 Å². The van der Waals surface area contributed by atoms with Crippen molar-refractivity contribution in [2.45, 2.75) is 39.7 Å². The number of carbonyl (C=O) groups is 1. The maximum absolute atomic E-state index is 11.7. The number of hydrogen-bond donors (Lipinski definition) is 1. The van der Waals surface area contributed by atoms with E-state index in [4.69, 9.17) is 0 Å². The van der Waals surface area contributed by atoms with Crippen LogP contribution in [0.25, 0.3) is 0 Å². The quantitative estimate of drug-likeness (QED) is 0.782. The molecule has 0 aliphatic carbocycles. The van der Waals surface area contributed by atoms with Gasteiger partial charge in [0.2, 0.25) is 5.91 Å². The molecule has 1 atom stereocenters. The molecule has 88 valence electrons. The monoisotopic (exact) mass is 219 g/mol. The van der Waals surface area contributed by atoms with E-state index in [9.17, 15) is 4.79 Å². The maximum atomic E-state index is 11.7. The van der Waals surface area contributed by atoms with E-state index in [-0.39, 0.29) is 11.8 Å². The lowest BCUT2D eigenvalue weighted by Gasteiger charge is -2.11. The van der Waals surface area contributed by atoms with Crippen LogP contribution in [0.5, 0.6) is 0 Å². The second-order valence-electron chi connectivity index (χ2n) is 4.25. The number of carbonyl (C=O) groups excluding carboxylic acids is 1. The van der Waals surface area contributed by atoms with Gasteiger partial charge in [0.15, 0.2) is 0 Å². The van der Waals surface area contributed by atoms with Gasteiger partial charge >= 0.3 is 0 Å². The minimum Gasteiger partial charge on any atom is -0.352 e. The Morgan fingerprint density at radius 1 is 1.31 bits per heavy atom. The smallest absolute Gasteiger partial charge is 0.223 e. The third kappa shape index (κ3) is 4.47. The standard InChI is InChI=1S/C14H21NO/c1-3-4-8-12(2)14(16)15-11-13-9-6-5-7-10-13/h5-7,9-10,12H,3-4,8,11H2,1-2H3,(H,15,16)/t12-/m0/s1. The number of amides is 1. The summed E-state index contributed by atoms with van der Waals surface area (Å²) in [5.41, 5.74) is 1.15. The molecule has 0 aromatic heterocycles. The molecule has 1 rings (SSSR count). The molecule has 1 amide bonds. The van der Waals surface area contributed by atoms with Crippen LogP contribution in [0.2, 0.25) is 0 Å². The Kier molecular flexibility index (Phi) is 5.62. The molecule has 0 heterocycles. The molecule has 0 radical (unpaired) electrons. The van der Waals surface area contributed by atoms with Crippen LogP contribution >= 0.6 is 0 Å². The Labute approximate surface area is 98.1 Å². The summed E-state index contributed by atoms with van der Waals surface area (Å²) in [6.07, 6.45) is 3.26. The summed E-state index contributed by atoms with van der Waals surface area (Å²) in [6.45, 7) is 4.78. The number of hydrogen-bond acceptors (Lipinski definition) is 1. The van der Waals surface area contributed by atoms with Gasteiger partial charge < -0.3 is 5.32 Å². The number of nitrogens with one attached hydrogen (secondary N) is 1. The summed E-state index contributed by atoms with van der Waals surface area (Å²) in [4.78, 5) is 11.7. The first kappa shape index (κ1) is 12.8. The largest absolute Gasteiger partial charge is 0.352 e. The van der Waals surface area contributed by atoms with Crippen LogP contribution in [0.3, 0.4) is 0 Å². The Bertz CT molecular complexity index is 308. The minimum absolute atomic E-state index is 0.128. The van der Waals surface area contributed by atoms with Crippen molar-refractivity contribution in [3.05, 3.63) is 35.9 Å². The molecule has 1 N–H and O–H groups in total. The van der Waals surface area contributed by atoms with Crippen molar-refractivity contribution < 1.29 is 4.79 Å². The lowest BCUT2D eigenvalue weighted by molar-refractivity contribution is -0.124. The van der Waals surface area contributed by atoms with Gasteiger partial charge in [0.25, 0.3) is 0 Å². The third-order valence-corrected chi connectivity index (χ3v) is 2.75. The second-order valence-corrected chi connectivity index (χ2v) is 4.25. The summed E-state index contributed by atoms with van der Waals surface area (Å²) in [7, 11) is 0. The number of benzene rings is 1. The molecule has 0 aliphatic rings. The molecule has 0 saturated carbocycles. The van der Waals surface area contributed by atoms with Crippen molar-refractivity contribution in [1.82, 2.24) is 5.32 Å². The van der Waals surface area contributed by atoms with Crippen molar-refractivity contribution in [3.8, 4) is 0 Å². The van der Waals surface area contributed by atoms with E-state index >= 15 is 0 Å². The van der Waals surface area contributed by atoms with E-state index < -0.39 is 0 Å². The molecule has 2 nitrogen and oxygen atoms in total. The van der Waals surface area contributed by atoms with Crippen LogP contribution in [0.1, 0.15) is 38.7 Å². The first-order valence-corrected chi connectivity index (χ1v) is 6.05. The average Bonchev–Trinajstić information content (AvgIpc) is 2.34. The normalized spacial score (nSPS) is 12.1. The lowest BCUT2D eigenvalue weighted by atomic mass is 10.0. The van der Waals surface area contributed by atoms with E-state index in [1.165, 1.54) is 0 Å². The summed E-state index contributed by atoms with van der Waals surface area (Å²) in [6, 6.07) is 10.0. The molecule has 16 heavy (non-hydrogen) atoms. The highest BCUT2D eigenvalue weighted by atomic mass is 16.1. The zero-order valence-electron chi connectivity index (χ0n) is 10.2. The first-order chi connectivity index (χ1) is 7.74. The molecule has 0 aliphatic heterocycles. The van der Waals surface area contributed by atoms with Gasteiger partial charge in [0.1, 0.15) is 0 Å². The van der Waals surface area contributed by atoms with Crippen molar-refractivity contribution in [2.75, 3.05) is 0 Å². The summed E-state index contributed by atoms with van der Waals surface area (Å²) in [5, 5.41) is 2.97. The van der Waals surface area contributed by atoms with Crippen molar-refractivity contribution in [3.63, 3.8) is 0 Å². The Balaban J connectivity index is 2.29. The molecule has 0 bridgehead atoms. The van der Waals surface area contributed by atoms with Crippen molar-refractivity contribution in [2.24, 2.45) is 5.92 Å². The highest BCUT2D eigenvalue weighted by Crippen LogP contribution is 2.08. The van der Waals surface area contributed by atoms with E-state index in [1.807, 2.05) is 37.3 Å². The van der Waals surface area contributed by atoms with Gasteiger partial charge in [-0.1, -0.05) is 57.0 Å². The highest BCUT2D eigenvalue weighted by Gasteiger charge is 2.11. The summed E-state index contributed by atoms with van der Waals surface area (Å²) >= 11 is 0. The fourth-order valence-electron chi connectivity index (χ4n) is 1.60. The second kappa shape index (κ2) is 7.04. The van der Waals surface area contributed by atoms with E-state index in [0.29, 0.717) is 6.54 Å². The molecular formula is C14H21NO. The van der Waals surface area contributed by atoms with Crippen LogP contribution in [0.4, 0.5) is 0 Å². The van der Waals surface area contributed by atoms with Crippen LogP contribution in [0, 0.1) is 5.92 Å². The van der Waals surface area contributed by atoms with Crippen LogP contribution in [-0.4, -0.2) is 5.91 Å². The van der Waals surface area contributed by atoms with E-state index in [1.54, 1.807) is 0 Å². The Morgan fingerprint density at radius 2 is 2.00 bits per heavy atom. The van der Waals surface area contributed by atoms with Crippen molar-refractivity contribution in [1.29, 1.82) is 0 Å². The zero-order valence-corrected chi connectivity index (χ0v) is 10.2. The molecule has 0 spiro atoms. The van der Waals surface area contributed by atoms with Gasteiger partial charge in [-0.25, -0.2) is 0 Å². The van der Waals surface area contributed by atoms with Gasteiger partial charge in [-0.15, -0.1) is 0 Å². The molecule has 1 aromatic carbocycles. The highest BCUT2D eigenvalue weighted by molar-refractivity contribution is 5.78. The molecule has 0 unspecified atom stereocenters. The average molecular weight is 219 g/mol. The zero-order chi connectivity index (χ0) is 11.8. The summed E-state index contributed by atoms with van der Waals surface area (Å²) in [5.74, 6) is 0.293. The fourth-order valence-corrected chi connectivity index (χ4v) is 1.60. The molecule has 0 fully saturated rings. The predicted octanol–water partition coefficient (Wildman–Crippen LogP) is 3.13. The van der Waals surface area contributed by atoms with Gasteiger partial charge in [-0.3, -0.25) is 4.79 Å². The Morgan fingerprint density at radius 3 is 2.62 bits per heavy atom. The maximum Gasteiger partial charge on any atom is 0.223 e. The molecule has 2 heteroatoms. The molecular weight excluding hydrogens is 198 g/mol. The van der Waals surface area contributed by atoms with Gasteiger partial charge in [0.05, 0.1) is 0 Å². The summed E-state index contributed by atoms with van der Waals surface area (Å²) < 4.78 is 0. The van der Waals surface area contributed by atoms with Crippen LogP contribution in [-0.2, 0) is 11.3 Å². The van der Waals surface area contributed by atoms with Crippen LogP contribution in [0.15, 0.2) is 30.3 Å². The minimum atomic E-state index is 0.128. The lowest BCUT2D eigenvalue weighted by Crippen LogP contribution is -2.28. The molecule has 1 aromatic rings. The number of unbranched alkanes of at least 4 members (excludes halogenated alkanes) is 1. The van der Waals surface area contributed by atoms with Crippen molar-refractivity contribution >= 4 is 5.91 Å². The van der Waals surface area contributed by atoms with E-state index in [2.05, 4.69) is 12.2 Å². The molecule has 0 saturated heterocycles. The third-order valence-electron chi connectivity index (χ3n) is 2.75. The number of rotatable bonds is 6. The van der Waals surface area contributed by atoms with Gasteiger partial charge in [-0.05, 0) is 12.0 Å². The van der Waals surface area contributed by atoms with Gasteiger partial charge in [0, 0.05) is 12.5 Å². The topological polar surface area (TPSA) is 29.1 Å². The fraction of sp³-hybridized carbons (Fsp3) is 0.500. The predicted molar refractivity (Wildman–Crippen MR) is 67.0 cm³/mol. The first-order valence-electron chi connectivity index (χ1n) is 6.05. The van der Waals surface area contributed by atoms with E-state index in [0.717, 1.165) is 24.8 Å².